The van der Waals surface area contributed by atoms with Gasteiger partial charge in [-0.3, -0.25) is 4.57 Å². The predicted octanol–water partition coefficient (Wildman–Crippen LogP) is 2.08. The minimum Gasteiger partial charge on any atom is -0.279 e. The van der Waals surface area contributed by atoms with E-state index in [-0.39, 0.29) is 5.69 Å². The molecule has 0 aliphatic carbocycles. The largest absolute Gasteiger partial charge is 0.346 e. The molecule has 2 aromatic rings. The van der Waals surface area contributed by atoms with Gasteiger partial charge in [0, 0.05) is 18.0 Å². The zero-order valence-electron chi connectivity index (χ0n) is 9.97. The van der Waals surface area contributed by atoms with Crippen molar-refractivity contribution in [2.45, 2.75) is 32.4 Å². The first-order valence-electron chi connectivity index (χ1n) is 6.15. The van der Waals surface area contributed by atoms with Crippen molar-refractivity contribution in [2.24, 2.45) is 0 Å². The van der Waals surface area contributed by atoms with E-state index in [0.29, 0.717) is 11.6 Å². The van der Waals surface area contributed by atoms with Crippen LogP contribution < -0.4 is 5.69 Å². The summed E-state index contributed by atoms with van der Waals surface area (Å²) in [5, 5.41) is 5.11. The SMILES string of the molecule is O=c1n(Cc2ccc(Cl)cc2)nc2n1CCCC2. The fourth-order valence-corrected chi connectivity index (χ4v) is 2.44. The summed E-state index contributed by atoms with van der Waals surface area (Å²) in [6, 6.07) is 7.51. The number of fused-ring (bicyclic) bond motifs is 1. The van der Waals surface area contributed by atoms with E-state index in [1.54, 1.807) is 9.25 Å². The molecule has 18 heavy (non-hydrogen) atoms. The smallest absolute Gasteiger partial charge is 0.279 e. The Morgan fingerprint density at radius 1 is 1.22 bits per heavy atom. The van der Waals surface area contributed by atoms with Gasteiger partial charge in [-0.25, -0.2) is 9.48 Å². The van der Waals surface area contributed by atoms with Gasteiger partial charge >= 0.3 is 5.69 Å². The molecule has 0 fully saturated rings. The number of nitrogens with zero attached hydrogens (tertiary/aromatic N) is 3. The molecule has 0 unspecified atom stereocenters. The second-order valence-corrected chi connectivity index (χ2v) is 5.03. The number of halogens is 1. The lowest BCUT2D eigenvalue weighted by Crippen LogP contribution is -2.27. The van der Waals surface area contributed by atoms with Crippen LogP contribution in [0.4, 0.5) is 0 Å². The Bertz CT molecular complexity index is 612. The van der Waals surface area contributed by atoms with Gasteiger partial charge in [-0.05, 0) is 30.5 Å². The fraction of sp³-hybridized carbons (Fsp3) is 0.385. The van der Waals surface area contributed by atoms with Gasteiger partial charge in [-0.15, -0.1) is 0 Å². The summed E-state index contributed by atoms with van der Waals surface area (Å²) in [6.45, 7) is 1.31. The van der Waals surface area contributed by atoms with E-state index >= 15 is 0 Å². The third-order valence-electron chi connectivity index (χ3n) is 3.28. The molecule has 0 radical (unpaired) electrons. The van der Waals surface area contributed by atoms with E-state index < -0.39 is 0 Å². The van der Waals surface area contributed by atoms with E-state index in [4.69, 9.17) is 11.6 Å². The summed E-state index contributed by atoms with van der Waals surface area (Å²) in [4.78, 5) is 12.1. The Labute approximate surface area is 110 Å². The Kier molecular flexibility index (Phi) is 2.96. The fourth-order valence-electron chi connectivity index (χ4n) is 2.31. The molecule has 1 aromatic carbocycles. The van der Waals surface area contributed by atoms with Crippen molar-refractivity contribution in [2.75, 3.05) is 0 Å². The van der Waals surface area contributed by atoms with Crippen LogP contribution in [-0.2, 0) is 19.5 Å². The summed E-state index contributed by atoms with van der Waals surface area (Å²) in [5.74, 6) is 0.917. The number of hydrogen-bond donors (Lipinski definition) is 0. The highest BCUT2D eigenvalue weighted by atomic mass is 35.5. The molecule has 5 heteroatoms. The molecule has 0 bridgehead atoms. The zero-order chi connectivity index (χ0) is 12.5. The molecule has 0 atom stereocenters. The number of rotatable bonds is 2. The standard InChI is InChI=1S/C13H14ClN3O/c14-11-6-4-10(5-7-11)9-17-13(18)16-8-2-1-3-12(16)15-17/h4-7H,1-3,8-9H2. The van der Waals surface area contributed by atoms with E-state index in [9.17, 15) is 4.79 Å². The highest BCUT2D eigenvalue weighted by Crippen LogP contribution is 2.12. The average Bonchev–Trinajstić information content (AvgIpc) is 2.70. The van der Waals surface area contributed by atoms with Gasteiger partial charge < -0.3 is 0 Å². The maximum absolute atomic E-state index is 12.1. The van der Waals surface area contributed by atoms with Crippen molar-refractivity contribution in [1.29, 1.82) is 0 Å². The molecule has 94 valence electrons. The lowest BCUT2D eigenvalue weighted by Gasteiger charge is -2.09. The van der Waals surface area contributed by atoms with E-state index in [1.165, 1.54) is 0 Å². The first-order valence-corrected chi connectivity index (χ1v) is 6.53. The van der Waals surface area contributed by atoms with E-state index in [0.717, 1.165) is 37.2 Å². The lowest BCUT2D eigenvalue weighted by molar-refractivity contribution is 0.511. The minimum atomic E-state index is -0.000324. The van der Waals surface area contributed by atoms with Crippen LogP contribution in [0.2, 0.25) is 5.02 Å². The van der Waals surface area contributed by atoms with Gasteiger partial charge in [-0.1, -0.05) is 23.7 Å². The maximum Gasteiger partial charge on any atom is 0.346 e. The predicted molar refractivity (Wildman–Crippen MR) is 70.0 cm³/mol. The number of aryl methyl sites for hydroxylation is 1. The van der Waals surface area contributed by atoms with Gasteiger partial charge in [-0.2, -0.15) is 5.10 Å². The van der Waals surface area contributed by atoms with Crippen molar-refractivity contribution >= 4 is 11.6 Å². The van der Waals surface area contributed by atoms with Crippen LogP contribution in [0, 0.1) is 0 Å². The topological polar surface area (TPSA) is 39.8 Å². The number of hydrogen-bond acceptors (Lipinski definition) is 2. The summed E-state index contributed by atoms with van der Waals surface area (Å²) in [5.41, 5.74) is 1.04. The Morgan fingerprint density at radius 2 is 2.00 bits per heavy atom. The van der Waals surface area contributed by atoms with Crippen LogP contribution in [0.5, 0.6) is 0 Å². The second-order valence-electron chi connectivity index (χ2n) is 4.59. The molecule has 1 aliphatic rings. The van der Waals surface area contributed by atoms with Crippen LogP contribution in [0.25, 0.3) is 0 Å². The molecule has 0 spiro atoms. The quantitative estimate of drug-likeness (QED) is 0.832. The molecule has 1 aliphatic heterocycles. The van der Waals surface area contributed by atoms with Gasteiger partial charge in [0.25, 0.3) is 0 Å². The monoisotopic (exact) mass is 263 g/mol. The molecular weight excluding hydrogens is 250 g/mol. The van der Waals surface area contributed by atoms with Crippen LogP contribution in [0.15, 0.2) is 29.1 Å². The normalized spacial score (nSPS) is 14.5. The molecule has 2 heterocycles. The van der Waals surface area contributed by atoms with Crippen molar-refractivity contribution < 1.29 is 0 Å². The number of benzene rings is 1. The molecule has 0 amide bonds. The van der Waals surface area contributed by atoms with Gasteiger partial charge in [0.2, 0.25) is 0 Å². The van der Waals surface area contributed by atoms with Crippen molar-refractivity contribution in [3.63, 3.8) is 0 Å². The van der Waals surface area contributed by atoms with E-state index in [2.05, 4.69) is 5.10 Å². The Hall–Kier alpha value is -1.55. The molecule has 0 saturated heterocycles. The highest BCUT2D eigenvalue weighted by Gasteiger charge is 2.16. The minimum absolute atomic E-state index is 0.000324. The summed E-state index contributed by atoms with van der Waals surface area (Å²) < 4.78 is 3.34. The van der Waals surface area contributed by atoms with Gasteiger partial charge in [0.15, 0.2) is 0 Å². The molecule has 0 N–H and O–H groups in total. The Balaban J connectivity index is 1.91. The molecule has 4 nitrogen and oxygen atoms in total. The van der Waals surface area contributed by atoms with Crippen LogP contribution in [0.3, 0.4) is 0 Å². The first kappa shape index (κ1) is 11.5. The molecular formula is C13H14ClN3O. The summed E-state index contributed by atoms with van der Waals surface area (Å²) >= 11 is 5.84. The van der Waals surface area contributed by atoms with Crippen molar-refractivity contribution in [3.05, 3.63) is 51.2 Å². The van der Waals surface area contributed by atoms with Crippen LogP contribution in [-0.4, -0.2) is 14.3 Å². The van der Waals surface area contributed by atoms with Crippen LogP contribution in [0.1, 0.15) is 24.2 Å². The lowest BCUT2D eigenvalue weighted by atomic mass is 10.2. The van der Waals surface area contributed by atoms with Gasteiger partial charge in [0.1, 0.15) is 5.82 Å². The highest BCUT2D eigenvalue weighted by molar-refractivity contribution is 6.30. The molecule has 1 aromatic heterocycles. The molecule has 3 rings (SSSR count). The average molecular weight is 264 g/mol. The number of aromatic nitrogens is 3. The van der Waals surface area contributed by atoms with Crippen LogP contribution >= 0.6 is 11.6 Å². The van der Waals surface area contributed by atoms with Crippen molar-refractivity contribution in [3.8, 4) is 0 Å². The first-order chi connectivity index (χ1) is 8.74. The van der Waals surface area contributed by atoms with E-state index in [1.807, 2.05) is 24.3 Å². The zero-order valence-corrected chi connectivity index (χ0v) is 10.7. The Morgan fingerprint density at radius 3 is 2.72 bits per heavy atom. The maximum atomic E-state index is 12.1. The van der Waals surface area contributed by atoms with Crippen molar-refractivity contribution in [1.82, 2.24) is 14.3 Å². The summed E-state index contributed by atoms with van der Waals surface area (Å²) in [7, 11) is 0. The molecule has 0 saturated carbocycles. The summed E-state index contributed by atoms with van der Waals surface area (Å²) in [6.07, 6.45) is 3.10. The third kappa shape index (κ3) is 2.08. The second kappa shape index (κ2) is 4.61. The third-order valence-corrected chi connectivity index (χ3v) is 3.53. The van der Waals surface area contributed by atoms with Gasteiger partial charge in [0.05, 0.1) is 6.54 Å².